The normalized spacial score (nSPS) is 10.2. The molecule has 0 atom stereocenters. The second-order valence-electron chi connectivity index (χ2n) is 5.71. The minimum absolute atomic E-state index is 0.0647. The topological polar surface area (TPSA) is 58.6 Å². The number of methoxy groups -OCH3 is 1. The van der Waals surface area contributed by atoms with Gasteiger partial charge in [-0.1, -0.05) is 30.3 Å². The zero-order chi connectivity index (χ0) is 18.1. The number of benzene rings is 2. The van der Waals surface area contributed by atoms with E-state index in [2.05, 4.69) is 5.32 Å². The van der Waals surface area contributed by atoms with Crippen LogP contribution in [-0.2, 0) is 16.0 Å². The predicted octanol–water partition coefficient (Wildman–Crippen LogP) is 2.80. The second-order valence-corrected chi connectivity index (χ2v) is 5.71. The van der Waals surface area contributed by atoms with Crippen molar-refractivity contribution in [1.82, 2.24) is 5.32 Å². The van der Waals surface area contributed by atoms with Crippen molar-refractivity contribution < 1.29 is 14.3 Å². The van der Waals surface area contributed by atoms with E-state index in [1.807, 2.05) is 54.6 Å². The smallest absolute Gasteiger partial charge is 0.223 e. The number of para-hydroxylation sites is 1. The first-order valence-electron chi connectivity index (χ1n) is 8.33. The van der Waals surface area contributed by atoms with E-state index >= 15 is 0 Å². The predicted molar refractivity (Wildman–Crippen MR) is 98.8 cm³/mol. The van der Waals surface area contributed by atoms with Gasteiger partial charge in [0.1, 0.15) is 5.75 Å². The fraction of sp³-hybridized carbons (Fsp3) is 0.300. The van der Waals surface area contributed by atoms with E-state index in [4.69, 9.17) is 4.74 Å². The lowest BCUT2D eigenvalue weighted by molar-refractivity contribution is -0.121. The third-order valence-corrected chi connectivity index (χ3v) is 3.88. The van der Waals surface area contributed by atoms with Gasteiger partial charge >= 0.3 is 0 Å². The number of amides is 2. The number of ether oxygens (including phenoxy) is 1. The Balaban J connectivity index is 1.78. The molecule has 25 heavy (non-hydrogen) atoms. The summed E-state index contributed by atoms with van der Waals surface area (Å²) in [5.41, 5.74) is 1.91. The second kappa shape index (κ2) is 9.47. The summed E-state index contributed by atoms with van der Waals surface area (Å²) in [4.78, 5) is 25.5. The van der Waals surface area contributed by atoms with Gasteiger partial charge in [0, 0.05) is 32.1 Å². The number of hydrogen-bond acceptors (Lipinski definition) is 3. The Morgan fingerprint density at radius 2 is 1.84 bits per heavy atom. The van der Waals surface area contributed by atoms with Crippen LogP contribution in [0.4, 0.5) is 5.69 Å². The Kier molecular flexibility index (Phi) is 7.01. The molecule has 0 spiro atoms. The molecule has 2 amide bonds. The van der Waals surface area contributed by atoms with Crippen LogP contribution in [0.25, 0.3) is 0 Å². The molecular formula is C20H24N2O3. The van der Waals surface area contributed by atoms with E-state index in [9.17, 15) is 9.59 Å². The summed E-state index contributed by atoms with van der Waals surface area (Å²) >= 11 is 0. The Labute approximate surface area is 148 Å². The van der Waals surface area contributed by atoms with Crippen LogP contribution in [0.2, 0.25) is 0 Å². The van der Waals surface area contributed by atoms with E-state index in [-0.39, 0.29) is 18.2 Å². The summed E-state index contributed by atoms with van der Waals surface area (Å²) in [7, 11) is 1.63. The number of anilines is 1. The van der Waals surface area contributed by atoms with E-state index in [0.29, 0.717) is 13.1 Å². The van der Waals surface area contributed by atoms with Gasteiger partial charge in [-0.25, -0.2) is 0 Å². The molecule has 132 valence electrons. The lowest BCUT2D eigenvalue weighted by Crippen LogP contribution is -2.34. The first-order chi connectivity index (χ1) is 12.1. The van der Waals surface area contributed by atoms with Crippen LogP contribution < -0.4 is 15.0 Å². The fourth-order valence-corrected chi connectivity index (χ4v) is 2.55. The van der Waals surface area contributed by atoms with Crippen LogP contribution in [0.1, 0.15) is 18.9 Å². The molecule has 0 aliphatic rings. The van der Waals surface area contributed by atoms with Crippen LogP contribution in [0, 0.1) is 0 Å². The van der Waals surface area contributed by atoms with Gasteiger partial charge in [-0.2, -0.15) is 0 Å². The van der Waals surface area contributed by atoms with E-state index < -0.39 is 0 Å². The van der Waals surface area contributed by atoms with Crippen molar-refractivity contribution in [3.8, 4) is 5.75 Å². The Morgan fingerprint density at radius 1 is 1.08 bits per heavy atom. The van der Waals surface area contributed by atoms with Crippen LogP contribution in [0.15, 0.2) is 54.6 Å². The number of nitrogens with zero attached hydrogens (tertiary/aromatic N) is 1. The lowest BCUT2D eigenvalue weighted by atomic mass is 10.1. The molecule has 0 aliphatic heterocycles. The Bertz CT molecular complexity index is 701. The van der Waals surface area contributed by atoms with Crippen molar-refractivity contribution in [2.24, 2.45) is 0 Å². The minimum Gasteiger partial charge on any atom is -0.497 e. The molecule has 0 aliphatic carbocycles. The monoisotopic (exact) mass is 340 g/mol. The Morgan fingerprint density at radius 3 is 2.52 bits per heavy atom. The number of rotatable bonds is 8. The molecule has 2 rings (SSSR count). The van der Waals surface area contributed by atoms with E-state index in [1.54, 1.807) is 12.0 Å². The standard InChI is InChI=1S/C20H24N2O3/c1-16(23)22(18-8-4-3-5-9-18)14-12-20(24)21-13-11-17-7-6-10-19(15-17)25-2/h3-10,15H,11-14H2,1-2H3,(H,21,24). The highest BCUT2D eigenvalue weighted by Crippen LogP contribution is 2.14. The van der Waals surface area contributed by atoms with Gasteiger partial charge in [0.15, 0.2) is 0 Å². The van der Waals surface area contributed by atoms with Gasteiger partial charge in [0.25, 0.3) is 0 Å². The van der Waals surface area contributed by atoms with Crippen molar-refractivity contribution in [2.45, 2.75) is 19.8 Å². The third-order valence-electron chi connectivity index (χ3n) is 3.88. The van der Waals surface area contributed by atoms with Crippen molar-refractivity contribution in [2.75, 3.05) is 25.1 Å². The molecular weight excluding hydrogens is 316 g/mol. The van der Waals surface area contributed by atoms with E-state index in [0.717, 1.165) is 23.4 Å². The molecule has 0 unspecified atom stereocenters. The highest BCUT2D eigenvalue weighted by Gasteiger charge is 2.12. The van der Waals surface area contributed by atoms with Gasteiger partial charge in [0.2, 0.25) is 11.8 Å². The van der Waals surface area contributed by atoms with E-state index in [1.165, 1.54) is 6.92 Å². The van der Waals surface area contributed by atoms with Gasteiger partial charge < -0.3 is 15.0 Å². The van der Waals surface area contributed by atoms with Crippen molar-refractivity contribution in [3.63, 3.8) is 0 Å². The maximum atomic E-state index is 12.0. The number of carbonyl (C=O) groups excluding carboxylic acids is 2. The van der Waals surface area contributed by atoms with Crippen LogP contribution in [0.5, 0.6) is 5.75 Å². The summed E-state index contributed by atoms with van der Waals surface area (Å²) in [5, 5.41) is 2.90. The number of hydrogen-bond donors (Lipinski definition) is 1. The summed E-state index contributed by atoms with van der Waals surface area (Å²) in [6.07, 6.45) is 1.00. The first-order valence-corrected chi connectivity index (χ1v) is 8.33. The van der Waals surface area contributed by atoms with Crippen molar-refractivity contribution >= 4 is 17.5 Å². The van der Waals surface area contributed by atoms with Crippen LogP contribution in [0.3, 0.4) is 0 Å². The average Bonchev–Trinajstić information content (AvgIpc) is 2.62. The third kappa shape index (κ3) is 5.95. The molecule has 1 N–H and O–H groups in total. The maximum absolute atomic E-state index is 12.0. The molecule has 5 heteroatoms. The molecule has 0 radical (unpaired) electrons. The Hall–Kier alpha value is -2.82. The van der Waals surface area contributed by atoms with Crippen molar-refractivity contribution in [1.29, 1.82) is 0 Å². The lowest BCUT2D eigenvalue weighted by Gasteiger charge is -2.20. The molecule has 0 bridgehead atoms. The minimum atomic E-state index is -0.0737. The molecule has 5 nitrogen and oxygen atoms in total. The van der Waals surface area contributed by atoms with Crippen LogP contribution in [-0.4, -0.2) is 32.0 Å². The molecule has 0 fully saturated rings. The number of nitrogens with one attached hydrogen (secondary N) is 1. The van der Waals surface area contributed by atoms with Gasteiger partial charge in [0.05, 0.1) is 7.11 Å². The zero-order valence-electron chi connectivity index (χ0n) is 14.7. The van der Waals surface area contributed by atoms with Gasteiger partial charge in [-0.3, -0.25) is 9.59 Å². The summed E-state index contributed by atoms with van der Waals surface area (Å²) in [6.45, 7) is 2.43. The molecule has 2 aromatic carbocycles. The summed E-state index contributed by atoms with van der Waals surface area (Å²) in [6, 6.07) is 17.2. The van der Waals surface area contributed by atoms with Gasteiger partial charge in [-0.15, -0.1) is 0 Å². The summed E-state index contributed by atoms with van der Waals surface area (Å²) < 4.78 is 5.19. The fourth-order valence-electron chi connectivity index (χ4n) is 2.55. The van der Waals surface area contributed by atoms with Crippen molar-refractivity contribution in [3.05, 3.63) is 60.2 Å². The molecule has 0 saturated carbocycles. The molecule has 0 saturated heterocycles. The molecule has 0 heterocycles. The SMILES string of the molecule is COc1cccc(CCNC(=O)CCN(C(C)=O)c2ccccc2)c1. The van der Waals surface area contributed by atoms with Gasteiger partial charge in [-0.05, 0) is 36.2 Å². The highest BCUT2D eigenvalue weighted by atomic mass is 16.5. The molecule has 0 aromatic heterocycles. The molecule has 2 aromatic rings. The summed E-state index contributed by atoms with van der Waals surface area (Å²) in [5.74, 6) is 0.671. The maximum Gasteiger partial charge on any atom is 0.223 e. The number of carbonyl (C=O) groups is 2. The quantitative estimate of drug-likeness (QED) is 0.804. The zero-order valence-corrected chi connectivity index (χ0v) is 14.7. The van der Waals surface area contributed by atoms with Crippen LogP contribution >= 0.6 is 0 Å². The largest absolute Gasteiger partial charge is 0.497 e. The highest BCUT2D eigenvalue weighted by molar-refractivity contribution is 5.92. The first kappa shape index (κ1) is 18.5. The average molecular weight is 340 g/mol.